The molecule has 4 nitrogen and oxygen atoms in total. The van der Waals surface area contributed by atoms with Crippen molar-refractivity contribution in [2.75, 3.05) is 6.54 Å². The number of piperazine rings is 1. The second kappa shape index (κ2) is 8.41. The molecule has 0 bridgehead atoms. The van der Waals surface area contributed by atoms with Crippen molar-refractivity contribution in [1.29, 1.82) is 0 Å². The number of amides is 1. The number of nitrogens with one attached hydrogen (secondary N) is 2. The van der Waals surface area contributed by atoms with E-state index in [4.69, 9.17) is 0 Å². The summed E-state index contributed by atoms with van der Waals surface area (Å²) >= 11 is 3.50. The molecule has 1 heterocycles. The first-order chi connectivity index (χ1) is 12.3. The molecule has 5 heteroatoms. The number of hydrogen-bond acceptors (Lipinski definition) is 3. The van der Waals surface area contributed by atoms with E-state index in [1.54, 1.807) is 0 Å². The van der Waals surface area contributed by atoms with Crippen molar-refractivity contribution >= 4 is 21.8 Å². The van der Waals surface area contributed by atoms with Gasteiger partial charge in [0, 0.05) is 29.0 Å². The molecular weight excluding hydrogens is 390 g/mol. The lowest BCUT2D eigenvalue weighted by Gasteiger charge is -2.41. The van der Waals surface area contributed by atoms with E-state index in [0.29, 0.717) is 23.8 Å². The Bertz CT molecular complexity index is 616. The van der Waals surface area contributed by atoms with Crippen LogP contribution in [0.15, 0.2) is 28.7 Å². The highest BCUT2D eigenvalue weighted by Crippen LogP contribution is 2.41. The maximum Gasteiger partial charge on any atom is 0.239 e. The topological polar surface area (TPSA) is 44.4 Å². The van der Waals surface area contributed by atoms with E-state index in [2.05, 4.69) is 83.6 Å². The third kappa shape index (κ3) is 5.08. The van der Waals surface area contributed by atoms with Gasteiger partial charge in [0.25, 0.3) is 0 Å². The van der Waals surface area contributed by atoms with Crippen molar-refractivity contribution in [3.05, 3.63) is 34.3 Å². The second-order valence-electron chi connectivity index (χ2n) is 8.76. The van der Waals surface area contributed by atoms with E-state index < -0.39 is 0 Å². The predicted octanol–water partition coefficient (Wildman–Crippen LogP) is 4.07. The first-order valence-corrected chi connectivity index (χ1v) is 10.7. The van der Waals surface area contributed by atoms with Crippen molar-refractivity contribution in [3.63, 3.8) is 0 Å². The summed E-state index contributed by atoms with van der Waals surface area (Å²) in [7, 11) is 0. The van der Waals surface area contributed by atoms with E-state index in [-0.39, 0.29) is 18.0 Å². The molecule has 1 amide bonds. The maximum atomic E-state index is 12.7. The van der Waals surface area contributed by atoms with Gasteiger partial charge in [-0.2, -0.15) is 0 Å². The summed E-state index contributed by atoms with van der Waals surface area (Å²) in [6, 6.07) is 9.24. The standard InChI is InChI=1S/C21H32BrN3O/c1-13(2)9-17-12-25(20(10-14(3)4)21(26)23-17)24-19-11-18(19)15-5-7-16(22)8-6-15/h5-8,13-14,17-20,24H,9-12H2,1-4H3,(H,23,26). The van der Waals surface area contributed by atoms with E-state index in [9.17, 15) is 4.79 Å². The first kappa shape index (κ1) is 19.8. The van der Waals surface area contributed by atoms with Crippen LogP contribution in [0, 0.1) is 11.8 Å². The monoisotopic (exact) mass is 421 g/mol. The van der Waals surface area contributed by atoms with Crippen LogP contribution in [0.5, 0.6) is 0 Å². The van der Waals surface area contributed by atoms with Crippen molar-refractivity contribution in [2.24, 2.45) is 11.8 Å². The molecule has 26 heavy (non-hydrogen) atoms. The lowest BCUT2D eigenvalue weighted by Crippen LogP contribution is -2.64. The number of nitrogens with zero attached hydrogens (tertiary/aromatic N) is 1. The minimum Gasteiger partial charge on any atom is -0.351 e. The SMILES string of the molecule is CC(C)CC1CN(NC2CC2c2ccc(Br)cc2)C(CC(C)C)C(=O)N1. The predicted molar refractivity (Wildman–Crippen MR) is 110 cm³/mol. The van der Waals surface area contributed by atoms with Gasteiger partial charge < -0.3 is 5.32 Å². The minimum atomic E-state index is -0.0652. The van der Waals surface area contributed by atoms with Gasteiger partial charge in [0.15, 0.2) is 0 Å². The van der Waals surface area contributed by atoms with E-state index in [0.717, 1.165) is 30.3 Å². The van der Waals surface area contributed by atoms with Gasteiger partial charge in [-0.15, -0.1) is 0 Å². The number of carbonyl (C=O) groups is 1. The van der Waals surface area contributed by atoms with Crippen LogP contribution in [0.1, 0.15) is 58.4 Å². The molecule has 4 unspecified atom stereocenters. The van der Waals surface area contributed by atoms with Crippen molar-refractivity contribution in [1.82, 2.24) is 15.8 Å². The quantitative estimate of drug-likeness (QED) is 0.696. The fraction of sp³-hybridized carbons (Fsp3) is 0.667. The molecule has 1 saturated carbocycles. The molecule has 2 fully saturated rings. The molecule has 1 aromatic carbocycles. The van der Waals surface area contributed by atoms with E-state index in [1.807, 2.05) is 0 Å². The zero-order valence-electron chi connectivity index (χ0n) is 16.3. The van der Waals surface area contributed by atoms with Gasteiger partial charge in [0.1, 0.15) is 6.04 Å². The molecule has 3 rings (SSSR count). The smallest absolute Gasteiger partial charge is 0.239 e. The molecule has 1 aliphatic carbocycles. The van der Waals surface area contributed by atoms with Gasteiger partial charge in [-0.3, -0.25) is 10.2 Å². The van der Waals surface area contributed by atoms with Gasteiger partial charge >= 0.3 is 0 Å². The van der Waals surface area contributed by atoms with E-state index in [1.165, 1.54) is 5.56 Å². The molecule has 1 saturated heterocycles. The number of hydrogen-bond donors (Lipinski definition) is 2. The van der Waals surface area contributed by atoms with E-state index >= 15 is 0 Å². The Morgan fingerprint density at radius 2 is 1.81 bits per heavy atom. The highest BCUT2D eigenvalue weighted by atomic mass is 79.9. The molecule has 0 spiro atoms. The number of halogens is 1. The number of rotatable bonds is 7. The van der Waals surface area contributed by atoms with Gasteiger partial charge in [-0.05, 0) is 48.8 Å². The fourth-order valence-corrected chi connectivity index (χ4v) is 4.27. The molecule has 0 aromatic heterocycles. The second-order valence-corrected chi connectivity index (χ2v) is 9.68. The molecule has 2 N–H and O–H groups in total. The summed E-state index contributed by atoms with van der Waals surface area (Å²) in [5, 5.41) is 5.50. The van der Waals surface area contributed by atoms with Gasteiger partial charge in [0.2, 0.25) is 5.91 Å². The average molecular weight is 422 g/mol. The van der Waals surface area contributed by atoms with Crippen LogP contribution < -0.4 is 10.7 Å². The van der Waals surface area contributed by atoms with Crippen molar-refractivity contribution < 1.29 is 4.79 Å². The number of benzene rings is 1. The summed E-state index contributed by atoms with van der Waals surface area (Å²) < 4.78 is 1.12. The van der Waals surface area contributed by atoms with Crippen LogP contribution in [0.25, 0.3) is 0 Å². The summed E-state index contributed by atoms with van der Waals surface area (Å²) in [6.45, 7) is 9.70. The third-order valence-corrected chi connectivity index (χ3v) is 5.84. The minimum absolute atomic E-state index is 0.0652. The molecule has 4 atom stereocenters. The van der Waals surface area contributed by atoms with Crippen LogP contribution in [0.2, 0.25) is 0 Å². The molecule has 0 radical (unpaired) electrons. The maximum absolute atomic E-state index is 12.7. The number of hydrazine groups is 1. The van der Waals surface area contributed by atoms with Gasteiger partial charge in [-0.25, -0.2) is 5.01 Å². The molecular formula is C21H32BrN3O. The molecule has 144 valence electrons. The van der Waals surface area contributed by atoms with Crippen LogP contribution in [0.4, 0.5) is 0 Å². The lowest BCUT2D eigenvalue weighted by atomic mass is 9.96. The number of carbonyl (C=O) groups excluding carboxylic acids is 1. The Morgan fingerprint density at radius 1 is 1.15 bits per heavy atom. The summed E-state index contributed by atoms with van der Waals surface area (Å²) in [4.78, 5) is 12.7. The van der Waals surface area contributed by atoms with Crippen LogP contribution in [-0.4, -0.2) is 35.6 Å². The van der Waals surface area contributed by atoms with Crippen LogP contribution in [0.3, 0.4) is 0 Å². The third-order valence-electron chi connectivity index (χ3n) is 5.31. The van der Waals surface area contributed by atoms with Crippen molar-refractivity contribution in [3.8, 4) is 0 Å². The highest BCUT2D eigenvalue weighted by Gasteiger charge is 2.43. The zero-order valence-corrected chi connectivity index (χ0v) is 17.9. The lowest BCUT2D eigenvalue weighted by molar-refractivity contribution is -0.134. The van der Waals surface area contributed by atoms with Crippen LogP contribution >= 0.6 is 15.9 Å². The molecule has 1 aromatic rings. The summed E-state index contributed by atoms with van der Waals surface area (Å²) in [6.07, 6.45) is 3.06. The molecule has 1 aliphatic heterocycles. The summed E-state index contributed by atoms with van der Waals surface area (Å²) in [5.41, 5.74) is 5.09. The molecule has 2 aliphatic rings. The largest absolute Gasteiger partial charge is 0.351 e. The Balaban J connectivity index is 1.65. The zero-order chi connectivity index (χ0) is 18.8. The Kier molecular flexibility index (Phi) is 6.41. The fourth-order valence-electron chi connectivity index (χ4n) is 4.00. The highest BCUT2D eigenvalue weighted by molar-refractivity contribution is 9.10. The van der Waals surface area contributed by atoms with Gasteiger partial charge in [-0.1, -0.05) is 55.8 Å². The van der Waals surface area contributed by atoms with Gasteiger partial charge in [0.05, 0.1) is 0 Å². The Morgan fingerprint density at radius 3 is 2.42 bits per heavy atom. The van der Waals surface area contributed by atoms with Crippen LogP contribution in [-0.2, 0) is 4.79 Å². The Labute approximate surface area is 166 Å². The van der Waals surface area contributed by atoms with Crippen molar-refractivity contribution in [2.45, 2.75) is 71.0 Å². The summed E-state index contributed by atoms with van der Waals surface area (Å²) in [5.74, 6) is 1.82. The average Bonchev–Trinajstić information content (AvgIpc) is 3.30. The first-order valence-electron chi connectivity index (χ1n) is 9.92. The Hall–Kier alpha value is -0.910. The normalized spacial score (nSPS) is 29.3.